The number of ether oxygens (including phenoxy) is 1. The van der Waals surface area contributed by atoms with Crippen molar-refractivity contribution in [2.75, 3.05) is 0 Å². The molecule has 50 heavy (non-hydrogen) atoms. The van der Waals surface area contributed by atoms with E-state index in [9.17, 15) is 0 Å². The molecule has 2 aliphatic carbocycles. The second-order valence-corrected chi connectivity index (χ2v) is 13.0. The van der Waals surface area contributed by atoms with Crippen molar-refractivity contribution >= 4 is 21.8 Å². The van der Waals surface area contributed by atoms with Crippen LogP contribution >= 0.6 is 0 Å². The molecule has 1 spiro atoms. The normalized spacial score (nSPS) is 13.4. The van der Waals surface area contributed by atoms with Gasteiger partial charge in [-0.15, -0.1) is 0 Å². The average molecular weight is 641 g/mol. The molecular formula is C45H28N4O. The molecular weight excluding hydrogens is 613 g/mol. The van der Waals surface area contributed by atoms with Gasteiger partial charge in [0.1, 0.15) is 17.3 Å². The third-order valence-electron chi connectivity index (χ3n) is 10.5. The molecule has 0 N–H and O–H groups in total. The number of pyridine rings is 1. The number of aromatic nitrogens is 4. The molecule has 234 valence electrons. The first-order valence-electron chi connectivity index (χ1n) is 16.9. The lowest BCUT2D eigenvalue weighted by Gasteiger charge is -2.29. The van der Waals surface area contributed by atoms with Gasteiger partial charge in [0, 0.05) is 40.2 Å². The van der Waals surface area contributed by atoms with Crippen LogP contribution in [-0.4, -0.2) is 19.3 Å². The number of fused-ring (bicyclic) bond motifs is 13. The van der Waals surface area contributed by atoms with Gasteiger partial charge in [-0.2, -0.15) is 5.10 Å². The molecule has 0 radical (unpaired) electrons. The van der Waals surface area contributed by atoms with E-state index in [1.807, 2.05) is 42.6 Å². The van der Waals surface area contributed by atoms with Crippen LogP contribution in [0.2, 0.25) is 0 Å². The van der Waals surface area contributed by atoms with Gasteiger partial charge in [0.25, 0.3) is 0 Å². The molecule has 2 aliphatic rings. The molecule has 5 nitrogen and oxygen atoms in total. The minimum absolute atomic E-state index is 0.424. The highest BCUT2D eigenvalue weighted by Gasteiger charge is 2.53. The van der Waals surface area contributed by atoms with Crippen molar-refractivity contribution in [3.63, 3.8) is 0 Å². The first kappa shape index (κ1) is 27.3. The summed E-state index contributed by atoms with van der Waals surface area (Å²) in [5, 5.41) is 7.42. The minimum Gasteiger partial charge on any atom is -0.457 e. The number of para-hydroxylation sites is 1. The van der Waals surface area contributed by atoms with Crippen molar-refractivity contribution in [2.45, 2.75) is 5.41 Å². The summed E-state index contributed by atoms with van der Waals surface area (Å²) in [7, 11) is 0. The van der Waals surface area contributed by atoms with E-state index in [2.05, 4.69) is 142 Å². The Balaban J connectivity index is 1.04. The smallest absolute Gasteiger partial charge is 0.137 e. The summed E-state index contributed by atoms with van der Waals surface area (Å²) in [6, 6.07) is 55.5. The quantitative estimate of drug-likeness (QED) is 0.192. The summed E-state index contributed by atoms with van der Waals surface area (Å²) in [5.41, 5.74) is 12.7. The lowest BCUT2D eigenvalue weighted by molar-refractivity contribution is 0.483. The van der Waals surface area contributed by atoms with Gasteiger partial charge in [0.15, 0.2) is 0 Å². The third-order valence-corrected chi connectivity index (χ3v) is 10.5. The highest BCUT2D eigenvalue weighted by molar-refractivity contribution is 6.09. The molecule has 0 aliphatic heterocycles. The van der Waals surface area contributed by atoms with Crippen molar-refractivity contribution in [2.24, 2.45) is 0 Å². The molecule has 3 heterocycles. The van der Waals surface area contributed by atoms with E-state index < -0.39 is 5.41 Å². The van der Waals surface area contributed by atoms with E-state index >= 15 is 0 Å². The predicted octanol–water partition coefficient (Wildman–Crippen LogP) is 10.5. The molecule has 0 saturated carbocycles. The lowest BCUT2D eigenvalue weighted by atomic mass is 9.71. The Morgan fingerprint density at radius 1 is 0.500 bits per heavy atom. The number of hydrogen-bond donors (Lipinski definition) is 0. The van der Waals surface area contributed by atoms with Crippen molar-refractivity contribution in [1.82, 2.24) is 19.3 Å². The SMILES string of the molecule is c1ccc(-n2c3ccccc3c3ccc(Oc4cccc(-n5ncc6c5-c5ccccc5C65c6ccccc6-c6ccccc65)c4)cc32)nc1. The van der Waals surface area contributed by atoms with Crippen LogP contribution in [0, 0.1) is 0 Å². The molecule has 9 aromatic rings. The summed E-state index contributed by atoms with van der Waals surface area (Å²) in [6.07, 6.45) is 3.91. The fraction of sp³-hybridized carbons (Fsp3) is 0.0222. The molecule has 0 saturated heterocycles. The Bertz CT molecular complexity index is 2760. The highest BCUT2D eigenvalue weighted by atomic mass is 16.5. The summed E-state index contributed by atoms with van der Waals surface area (Å²) < 4.78 is 10.9. The maximum atomic E-state index is 6.61. The largest absolute Gasteiger partial charge is 0.457 e. The first-order valence-corrected chi connectivity index (χ1v) is 16.9. The fourth-order valence-corrected chi connectivity index (χ4v) is 8.62. The first-order chi connectivity index (χ1) is 24.8. The van der Waals surface area contributed by atoms with Crippen LogP contribution in [0.1, 0.15) is 22.3 Å². The number of benzene rings is 6. The van der Waals surface area contributed by atoms with Crippen LogP contribution < -0.4 is 4.74 Å². The third kappa shape index (κ3) is 3.55. The molecule has 3 aromatic heterocycles. The number of nitrogens with zero attached hydrogens (tertiary/aromatic N) is 4. The monoisotopic (exact) mass is 640 g/mol. The number of rotatable bonds is 4. The highest BCUT2D eigenvalue weighted by Crippen LogP contribution is 2.62. The second kappa shape index (κ2) is 10.1. The van der Waals surface area contributed by atoms with Crippen molar-refractivity contribution in [3.05, 3.63) is 192 Å². The Hall–Kier alpha value is -6.72. The van der Waals surface area contributed by atoms with E-state index in [4.69, 9.17) is 9.84 Å². The summed E-state index contributed by atoms with van der Waals surface area (Å²) in [5.74, 6) is 2.36. The Morgan fingerprint density at radius 3 is 1.94 bits per heavy atom. The Kier molecular flexibility index (Phi) is 5.53. The zero-order valence-electron chi connectivity index (χ0n) is 26.9. The van der Waals surface area contributed by atoms with Gasteiger partial charge in [-0.25, -0.2) is 9.67 Å². The molecule has 11 rings (SSSR count). The molecule has 6 aromatic carbocycles. The van der Waals surface area contributed by atoms with Crippen LogP contribution in [-0.2, 0) is 5.41 Å². The molecule has 0 amide bonds. The van der Waals surface area contributed by atoms with Crippen molar-refractivity contribution in [3.8, 4) is 45.4 Å². The zero-order chi connectivity index (χ0) is 32.8. The van der Waals surface area contributed by atoms with E-state index in [-0.39, 0.29) is 0 Å². The molecule has 0 fully saturated rings. The van der Waals surface area contributed by atoms with E-state index in [0.29, 0.717) is 0 Å². The van der Waals surface area contributed by atoms with Gasteiger partial charge >= 0.3 is 0 Å². The Morgan fingerprint density at radius 2 is 1.16 bits per heavy atom. The molecule has 0 atom stereocenters. The van der Waals surface area contributed by atoms with E-state index in [0.717, 1.165) is 45.1 Å². The Labute approximate surface area is 288 Å². The predicted molar refractivity (Wildman–Crippen MR) is 199 cm³/mol. The second-order valence-electron chi connectivity index (χ2n) is 13.0. The van der Waals surface area contributed by atoms with Gasteiger partial charge in [0.05, 0.1) is 34.0 Å². The van der Waals surface area contributed by atoms with Crippen LogP contribution in [0.15, 0.2) is 170 Å². The molecule has 5 heteroatoms. The van der Waals surface area contributed by atoms with Gasteiger partial charge in [-0.3, -0.25) is 4.57 Å². The van der Waals surface area contributed by atoms with Crippen molar-refractivity contribution < 1.29 is 4.74 Å². The van der Waals surface area contributed by atoms with Gasteiger partial charge in [0.2, 0.25) is 0 Å². The van der Waals surface area contributed by atoms with Crippen molar-refractivity contribution in [1.29, 1.82) is 0 Å². The minimum atomic E-state index is -0.424. The van der Waals surface area contributed by atoms with Gasteiger partial charge in [-0.1, -0.05) is 103 Å². The maximum Gasteiger partial charge on any atom is 0.137 e. The summed E-state index contributed by atoms with van der Waals surface area (Å²) in [4.78, 5) is 4.68. The summed E-state index contributed by atoms with van der Waals surface area (Å²) >= 11 is 0. The van der Waals surface area contributed by atoms with Gasteiger partial charge in [-0.05, 0) is 70.3 Å². The van der Waals surface area contributed by atoms with E-state index in [1.54, 1.807) is 0 Å². The van der Waals surface area contributed by atoms with Crippen LogP contribution in [0.5, 0.6) is 11.5 Å². The van der Waals surface area contributed by atoms with Gasteiger partial charge < -0.3 is 4.74 Å². The number of hydrogen-bond acceptors (Lipinski definition) is 3. The van der Waals surface area contributed by atoms with E-state index in [1.165, 1.54) is 44.3 Å². The van der Waals surface area contributed by atoms with Crippen LogP contribution in [0.25, 0.3) is 55.7 Å². The van der Waals surface area contributed by atoms with Crippen LogP contribution in [0.3, 0.4) is 0 Å². The van der Waals surface area contributed by atoms with Crippen LogP contribution in [0.4, 0.5) is 0 Å². The lowest BCUT2D eigenvalue weighted by Crippen LogP contribution is -2.25. The fourth-order valence-electron chi connectivity index (χ4n) is 8.62. The average Bonchev–Trinajstić information content (AvgIpc) is 3.91. The maximum absolute atomic E-state index is 6.61. The zero-order valence-corrected chi connectivity index (χ0v) is 26.9. The topological polar surface area (TPSA) is 44.9 Å². The standard InChI is InChI=1S/C45H28N4O/c1-5-18-37-32(14-1)33-15-2-6-19-38(33)45(37)39-20-7-3-17-36(39)44-40(45)28-47-49(44)29-12-11-13-30(26-29)50-31-23-24-35-34-16-4-8-21-41(34)48(42(35)27-31)43-22-9-10-25-46-43/h1-28H. The molecule has 0 bridgehead atoms. The molecule has 0 unspecified atom stereocenters. The summed E-state index contributed by atoms with van der Waals surface area (Å²) in [6.45, 7) is 0.